The second-order valence-electron chi connectivity index (χ2n) is 3.62. The van der Waals surface area contributed by atoms with Crippen LogP contribution in [0.15, 0.2) is 18.2 Å². The number of hydrogen-bond acceptors (Lipinski definition) is 2. The van der Waals surface area contributed by atoms with Gasteiger partial charge in [0.2, 0.25) is 0 Å². The maximum atomic E-state index is 12.9. The number of carbonyl (C=O) groups excluding carboxylic acids is 1. The minimum absolute atomic E-state index is 0.00913. The number of nitrogens with one attached hydrogen (secondary N) is 1. The summed E-state index contributed by atoms with van der Waals surface area (Å²) < 4.78 is 18.1. The van der Waals surface area contributed by atoms with Crippen molar-refractivity contribution in [3.05, 3.63) is 29.0 Å². The van der Waals surface area contributed by atoms with Crippen molar-refractivity contribution in [3.63, 3.8) is 0 Å². The van der Waals surface area contributed by atoms with E-state index in [1.165, 1.54) is 18.2 Å². The third kappa shape index (κ3) is 2.51. The minimum Gasteiger partial charge on any atom is -0.368 e. The molecule has 1 atom stereocenters. The lowest BCUT2D eigenvalue weighted by atomic mass is 10.2. The van der Waals surface area contributed by atoms with E-state index in [0.29, 0.717) is 12.3 Å². The summed E-state index contributed by atoms with van der Waals surface area (Å²) in [6.45, 7) is 0.613. The number of rotatable bonds is 2. The summed E-state index contributed by atoms with van der Waals surface area (Å²) in [4.78, 5) is 11.6. The number of anilines is 1. The summed E-state index contributed by atoms with van der Waals surface area (Å²) in [5.41, 5.74) is 0.479. The van der Waals surface area contributed by atoms with E-state index in [1.807, 2.05) is 0 Å². The topological polar surface area (TPSA) is 38.3 Å². The lowest BCUT2D eigenvalue weighted by molar-refractivity contribution is -0.124. The van der Waals surface area contributed by atoms with Crippen molar-refractivity contribution in [2.24, 2.45) is 0 Å². The van der Waals surface area contributed by atoms with E-state index >= 15 is 0 Å². The molecule has 16 heavy (non-hydrogen) atoms. The summed E-state index contributed by atoms with van der Waals surface area (Å²) in [6.07, 6.45) is 1.21. The number of benzene rings is 1. The Bertz CT molecular complexity index is 405. The molecule has 1 aliphatic heterocycles. The Morgan fingerprint density at radius 3 is 3.00 bits per heavy atom. The van der Waals surface area contributed by atoms with Crippen LogP contribution in [0, 0.1) is 5.82 Å². The molecule has 1 saturated heterocycles. The van der Waals surface area contributed by atoms with Crippen LogP contribution >= 0.6 is 11.6 Å². The van der Waals surface area contributed by atoms with E-state index in [4.69, 9.17) is 16.3 Å². The predicted molar refractivity (Wildman–Crippen MR) is 59.0 cm³/mol. The number of amides is 1. The van der Waals surface area contributed by atoms with Gasteiger partial charge in [-0.1, -0.05) is 11.6 Å². The average molecular weight is 244 g/mol. The molecule has 1 aromatic carbocycles. The van der Waals surface area contributed by atoms with Crippen molar-refractivity contribution in [1.29, 1.82) is 0 Å². The molecule has 5 heteroatoms. The number of ether oxygens (including phenoxy) is 1. The van der Waals surface area contributed by atoms with Crippen molar-refractivity contribution < 1.29 is 13.9 Å². The molecule has 0 aromatic heterocycles. The van der Waals surface area contributed by atoms with Gasteiger partial charge in [-0.15, -0.1) is 0 Å². The number of hydrogen-bond donors (Lipinski definition) is 1. The van der Waals surface area contributed by atoms with Gasteiger partial charge in [0.05, 0.1) is 5.02 Å². The lowest BCUT2D eigenvalue weighted by Gasteiger charge is -2.10. The molecule has 0 unspecified atom stereocenters. The summed E-state index contributed by atoms with van der Waals surface area (Å²) in [6, 6.07) is 4.06. The largest absolute Gasteiger partial charge is 0.368 e. The zero-order valence-corrected chi connectivity index (χ0v) is 9.26. The molecule has 0 radical (unpaired) electrons. The molecule has 1 amide bonds. The van der Waals surface area contributed by atoms with Crippen LogP contribution < -0.4 is 5.32 Å². The first-order valence-electron chi connectivity index (χ1n) is 5.04. The van der Waals surface area contributed by atoms with E-state index in [0.717, 1.165) is 12.8 Å². The van der Waals surface area contributed by atoms with Crippen LogP contribution in [0.3, 0.4) is 0 Å². The second-order valence-corrected chi connectivity index (χ2v) is 4.03. The zero-order valence-electron chi connectivity index (χ0n) is 8.50. The molecule has 1 aliphatic rings. The standard InChI is InChI=1S/C11H11ClFNO2/c12-8-6-7(3-4-9(8)13)14-11(15)10-2-1-5-16-10/h3-4,6,10H,1-2,5H2,(H,14,15)/t10-/m0/s1. The van der Waals surface area contributed by atoms with Crippen molar-refractivity contribution in [2.45, 2.75) is 18.9 Å². The molecular formula is C11H11ClFNO2. The number of carbonyl (C=O) groups is 1. The van der Waals surface area contributed by atoms with Crippen LogP contribution in [0.1, 0.15) is 12.8 Å². The SMILES string of the molecule is O=C(Nc1ccc(F)c(Cl)c1)[C@@H]1CCCO1. The van der Waals surface area contributed by atoms with Crippen molar-refractivity contribution in [3.8, 4) is 0 Å². The van der Waals surface area contributed by atoms with Crippen LogP contribution in [0.5, 0.6) is 0 Å². The maximum absolute atomic E-state index is 12.9. The Labute approximate surface area is 97.5 Å². The van der Waals surface area contributed by atoms with Gasteiger partial charge < -0.3 is 10.1 Å². The van der Waals surface area contributed by atoms with Crippen LogP contribution in [0.2, 0.25) is 5.02 Å². The van der Waals surface area contributed by atoms with Gasteiger partial charge in [-0.2, -0.15) is 0 Å². The highest BCUT2D eigenvalue weighted by Gasteiger charge is 2.23. The van der Waals surface area contributed by atoms with E-state index in [1.54, 1.807) is 0 Å². The minimum atomic E-state index is -0.503. The molecule has 1 aromatic rings. The molecular weight excluding hydrogens is 233 g/mol. The molecule has 2 rings (SSSR count). The maximum Gasteiger partial charge on any atom is 0.253 e. The van der Waals surface area contributed by atoms with Gasteiger partial charge in [0.15, 0.2) is 0 Å². The highest BCUT2D eigenvalue weighted by atomic mass is 35.5. The van der Waals surface area contributed by atoms with Gasteiger partial charge in [-0.05, 0) is 31.0 Å². The Morgan fingerprint density at radius 1 is 1.56 bits per heavy atom. The fraction of sp³-hybridized carbons (Fsp3) is 0.364. The first kappa shape index (κ1) is 11.4. The molecule has 0 bridgehead atoms. The van der Waals surface area contributed by atoms with E-state index in [9.17, 15) is 9.18 Å². The lowest BCUT2D eigenvalue weighted by Crippen LogP contribution is -2.26. The Kier molecular flexibility index (Phi) is 3.41. The third-order valence-electron chi connectivity index (χ3n) is 2.41. The van der Waals surface area contributed by atoms with Crippen LogP contribution in [0.4, 0.5) is 10.1 Å². The normalized spacial score (nSPS) is 19.8. The summed E-state index contributed by atoms with van der Waals surface area (Å²) >= 11 is 5.60. The number of halogens is 2. The Balaban J connectivity index is 2.02. The fourth-order valence-corrected chi connectivity index (χ4v) is 1.76. The Hall–Kier alpha value is -1.13. The summed E-state index contributed by atoms with van der Waals surface area (Å²) in [5, 5.41) is 2.63. The molecule has 1 heterocycles. The summed E-state index contributed by atoms with van der Waals surface area (Å²) in [5.74, 6) is -0.711. The van der Waals surface area contributed by atoms with Gasteiger partial charge in [-0.3, -0.25) is 4.79 Å². The first-order chi connectivity index (χ1) is 7.66. The van der Waals surface area contributed by atoms with E-state index < -0.39 is 11.9 Å². The van der Waals surface area contributed by atoms with Crippen molar-refractivity contribution >= 4 is 23.2 Å². The van der Waals surface area contributed by atoms with Gasteiger partial charge in [0, 0.05) is 12.3 Å². The average Bonchev–Trinajstić information content (AvgIpc) is 2.77. The van der Waals surface area contributed by atoms with Crippen molar-refractivity contribution in [1.82, 2.24) is 0 Å². The molecule has 0 spiro atoms. The van der Waals surface area contributed by atoms with Gasteiger partial charge in [0.25, 0.3) is 5.91 Å². The Morgan fingerprint density at radius 2 is 2.38 bits per heavy atom. The van der Waals surface area contributed by atoms with E-state index in [-0.39, 0.29) is 10.9 Å². The van der Waals surface area contributed by atoms with Crippen molar-refractivity contribution in [2.75, 3.05) is 11.9 Å². The summed E-state index contributed by atoms with van der Waals surface area (Å²) in [7, 11) is 0. The molecule has 1 N–H and O–H groups in total. The molecule has 86 valence electrons. The quantitative estimate of drug-likeness (QED) is 0.867. The highest BCUT2D eigenvalue weighted by molar-refractivity contribution is 6.31. The first-order valence-corrected chi connectivity index (χ1v) is 5.42. The van der Waals surface area contributed by atoms with Crippen LogP contribution in [-0.2, 0) is 9.53 Å². The monoisotopic (exact) mass is 243 g/mol. The van der Waals surface area contributed by atoms with E-state index in [2.05, 4.69) is 5.32 Å². The second kappa shape index (κ2) is 4.80. The smallest absolute Gasteiger partial charge is 0.253 e. The molecule has 0 saturated carbocycles. The van der Waals surface area contributed by atoms with Gasteiger partial charge in [0.1, 0.15) is 11.9 Å². The molecule has 0 aliphatic carbocycles. The fourth-order valence-electron chi connectivity index (χ4n) is 1.58. The molecule has 3 nitrogen and oxygen atoms in total. The third-order valence-corrected chi connectivity index (χ3v) is 2.70. The van der Waals surface area contributed by atoms with Crippen LogP contribution in [-0.4, -0.2) is 18.6 Å². The van der Waals surface area contributed by atoms with Gasteiger partial charge in [-0.25, -0.2) is 4.39 Å². The predicted octanol–water partition coefficient (Wildman–Crippen LogP) is 2.60. The highest BCUT2D eigenvalue weighted by Crippen LogP contribution is 2.20. The van der Waals surface area contributed by atoms with Crippen LogP contribution in [0.25, 0.3) is 0 Å². The zero-order chi connectivity index (χ0) is 11.5. The van der Waals surface area contributed by atoms with Gasteiger partial charge >= 0.3 is 0 Å². The molecule has 1 fully saturated rings.